The van der Waals surface area contributed by atoms with Crippen LogP contribution in [0.1, 0.15) is 32.1 Å². The number of nitrogens with one attached hydrogen (secondary N) is 1. The van der Waals surface area contributed by atoms with Crippen LogP contribution in [0.15, 0.2) is 0 Å². The Bertz CT molecular complexity index is 313. The highest BCUT2D eigenvalue weighted by atomic mass is 32.1. The number of amides is 1. The van der Waals surface area contributed by atoms with E-state index in [2.05, 4.69) is 5.32 Å². The molecule has 3 N–H and O–H groups in total. The molecule has 0 aromatic carbocycles. The summed E-state index contributed by atoms with van der Waals surface area (Å²) in [6.45, 7) is 0.00269. The molecule has 0 aliphatic heterocycles. The SMILES string of the molecule is NC(=S)C1(C(=O)NCCCC(F)(F)F)CCC1. The molecule has 0 saturated heterocycles. The van der Waals surface area contributed by atoms with Gasteiger partial charge in [-0.05, 0) is 19.3 Å². The van der Waals surface area contributed by atoms with Crippen molar-refractivity contribution in [1.82, 2.24) is 5.32 Å². The Morgan fingerprint density at radius 3 is 2.35 bits per heavy atom. The largest absolute Gasteiger partial charge is 0.392 e. The summed E-state index contributed by atoms with van der Waals surface area (Å²) < 4.78 is 35.6. The molecular formula is C10H15F3N2OS. The molecule has 1 amide bonds. The van der Waals surface area contributed by atoms with Gasteiger partial charge in [0.25, 0.3) is 0 Å². The van der Waals surface area contributed by atoms with Gasteiger partial charge in [0.2, 0.25) is 5.91 Å². The van der Waals surface area contributed by atoms with E-state index in [0.717, 1.165) is 6.42 Å². The number of hydrogen-bond donors (Lipinski definition) is 2. The summed E-state index contributed by atoms with van der Waals surface area (Å²) in [6, 6.07) is 0. The number of carbonyl (C=O) groups is 1. The summed E-state index contributed by atoms with van der Waals surface area (Å²) in [4.78, 5) is 11.9. The van der Waals surface area contributed by atoms with Gasteiger partial charge in [0.05, 0.1) is 10.4 Å². The predicted octanol–water partition coefficient (Wildman–Crippen LogP) is 1.90. The van der Waals surface area contributed by atoms with Crippen molar-refractivity contribution in [3.8, 4) is 0 Å². The third-order valence-corrected chi connectivity index (χ3v) is 3.43. The summed E-state index contributed by atoms with van der Waals surface area (Å²) in [5, 5.41) is 2.47. The van der Waals surface area contributed by atoms with Gasteiger partial charge in [-0.25, -0.2) is 0 Å². The maximum absolute atomic E-state index is 11.9. The average molecular weight is 268 g/mol. The number of nitrogens with two attached hydrogens (primary N) is 1. The summed E-state index contributed by atoms with van der Waals surface area (Å²) in [5.41, 5.74) is 4.69. The Labute approximate surface area is 103 Å². The molecular weight excluding hydrogens is 253 g/mol. The topological polar surface area (TPSA) is 55.1 Å². The van der Waals surface area contributed by atoms with Crippen LogP contribution in [-0.2, 0) is 4.79 Å². The van der Waals surface area contributed by atoms with Gasteiger partial charge in [0.1, 0.15) is 0 Å². The van der Waals surface area contributed by atoms with Crippen LogP contribution in [0, 0.1) is 5.41 Å². The standard InChI is InChI=1S/C10H15F3N2OS/c11-10(12,13)5-2-6-15-8(16)9(7(14)17)3-1-4-9/h1-6H2,(H2,14,17)(H,15,16). The van der Waals surface area contributed by atoms with E-state index in [4.69, 9.17) is 18.0 Å². The van der Waals surface area contributed by atoms with Crippen molar-refractivity contribution in [3.05, 3.63) is 0 Å². The van der Waals surface area contributed by atoms with Crippen LogP contribution < -0.4 is 11.1 Å². The van der Waals surface area contributed by atoms with Crippen molar-refractivity contribution in [2.75, 3.05) is 6.54 Å². The van der Waals surface area contributed by atoms with E-state index in [9.17, 15) is 18.0 Å². The average Bonchev–Trinajstić information content (AvgIpc) is 2.08. The van der Waals surface area contributed by atoms with E-state index in [1.54, 1.807) is 0 Å². The Morgan fingerprint density at radius 2 is 2.00 bits per heavy atom. The first-order valence-corrected chi connectivity index (χ1v) is 5.84. The lowest BCUT2D eigenvalue weighted by atomic mass is 9.68. The molecule has 0 unspecified atom stereocenters. The molecule has 1 saturated carbocycles. The minimum atomic E-state index is -4.18. The smallest absolute Gasteiger partial charge is 0.389 e. The first-order valence-electron chi connectivity index (χ1n) is 5.43. The Balaban J connectivity index is 2.32. The Kier molecular flexibility index (Phi) is 4.35. The second kappa shape index (κ2) is 5.20. The fourth-order valence-electron chi connectivity index (χ4n) is 1.78. The summed E-state index contributed by atoms with van der Waals surface area (Å²) >= 11 is 4.83. The highest BCUT2D eigenvalue weighted by Crippen LogP contribution is 2.41. The normalized spacial score (nSPS) is 18.3. The molecule has 1 rings (SSSR count). The van der Waals surface area contributed by atoms with Gasteiger partial charge in [-0.1, -0.05) is 18.6 Å². The van der Waals surface area contributed by atoms with E-state index in [-0.39, 0.29) is 23.9 Å². The number of alkyl halides is 3. The first kappa shape index (κ1) is 14.2. The van der Waals surface area contributed by atoms with E-state index in [0.29, 0.717) is 12.8 Å². The fraction of sp³-hybridized carbons (Fsp3) is 0.800. The molecule has 1 aliphatic carbocycles. The zero-order valence-electron chi connectivity index (χ0n) is 9.27. The molecule has 1 fully saturated rings. The van der Waals surface area contributed by atoms with Gasteiger partial charge in [-0.3, -0.25) is 4.79 Å². The third-order valence-electron chi connectivity index (χ3n) is 3.04. The van der Waals surface area contributed by atoms with Crippen molar-refractivity contribution in [1.29, 1.82) is 0 Å². The highest BCUT2D eigenvalue weighted by molar-refractivity contribution is 7.80. The molecule has 0 aromatic rings. The molecule has 0 spiro atoms. The van der Waals surface area contributed by atoms with Crippen molar-refractivity contribution in [3.63, 3.8) is 0 Å². The Morgan fingerprint density at radius 1 is 1.41 bits per heavy atom. The predicted molar refractivity (Wildman–Crippen MR) is 61.4 cm³/mol. The summed E-state index contributed by atoms with van der Waals surface area (Å²) in [5.74, 6) is -0.335. The lowest BCUT2D eigenvalue weighted by Crippen LogP contribution is -2.53. The molecule has 0 radical (unpaired) electrons. The van der Waals surface area contributed by atoms with Gasteiger partial charge in [0, 0.05) is 13.0 Å². The van der Waals surface area contributed by atoms with Crippen molar-refractivity contribution in [2.24, 2.45) is 11.1 Å². The van der Waals surface area contributed by atoms with E-state index in [1.165, 1.54) is 0 Å². The number of rotatable bonds is 5. The van der Waals surface area contributed by atoms with Crippen LogP contribution in [0.2, 0.25) is 0 Å². The van der Waals surface area contributed by atoms with E-state index >= 15 is 0 Å². The first-order chi connectivity index (χ1) is 7.78. The molecule has 0 aromatic heterocycles. The van der Waals surface area contributed by atoms with Gasteiger partial charge in [-0.2, -0.15) is 13.2 Å². The third kappa shape index (κ3) is 3.55. The second-order valence-electron chi connectivity index (χ2n) is 4.27. The fourth-order valence-corrected chi connectivity index (χ4v) is 2.07. The van der Waals surface area contributed by atoms with Gasteiger partial charge < -0.3 is 11.1 Å². The van der Waals surface area contributed by atoms with Gasteiger partial charge in [-0.15, -0.1) is 0 Å². The number of halogens is 3. The van der Waals surface area contributed by atoms with Gasteiger partial charge >= 0.3 is 6.18 Å². The molecule has 7 heteroatoms. The van der Waals surface area contributed by atoms with Crippen molar-refractivity contribution < 1.29 is 18.0 Å². The molecule has 0 heterocycles. The molecule has 17 heavy (non-hydrogen) atoms. The van der Waals surface area contributed by atoms with Crippen LogP contribution in [-0.4, -0.2) is 23.6 Å². The van der Waals surface area contributed by atoms with Crippen LogP contribution >= 0.6 is 12.2 Å². The van der Waals surface area contributed by atoms with Crippen LogP contribution in [0.4, 0.5) is 13.2 Å². The van der Waals surface area contributed by atoms with E-state index in [1.807, 2.05) is 0 Å². The minimum absolute atomic E-state index is 0.00269. The zero-order valence-corrected chi connectivity index (χ0v) is 10.1. The summed E-state index contributed by atoms with van der Waals surface area (Å²) in [7, 11) is 0. The van der Waals surface area contributed by atoms with E-state index < -0.39 is 18.0 Å². The lowest BCUT2D eigenvalue weighted by Gasteiger charge is -2.39. The maximum Gasteiger partial charge on any atom is 0.389 e. The van der Waals surface area contributed by atoms with Gasteiger partial charge in [0.15, 0.2) is 0 Å². The minimum Gasteiger partial charge on any atom is -0.392 e. The molecule has 0 atom stereocenters. The zero-order chi connectivity index (χ0) is 13.1. The van der Waals surface area contributed by atoms with Crippen LogP contribution in [0.5, 0.6) is 0 Å². The molecule has 0 bridgehead atoms. The monoisotopic (exact) mass is 268 g/mol. The Hall–Kier alpha value is -0.850. The maximum atomic E-state index is 11.9. The summed E-state index contributed by atoms with van der Waals surface area (Å²) in [6.07, 6.45) is -3.15. The van der Waals surface area contributed by atoms with Crippen molar-refractivity contribution >= 4 is 23.1 Å². The lowest BCUT2D eigenvalue weighted by molar-refractivity contribution is -0.137. The second-order valence-corrected chi connectivity index (χ2v) is 4.71. The van der Waals surface area contributed by atoms with Crippen molar-refractivity contribution in [2.45, 2.75) is 38.3 Å². The molecule has 98 valence electrons. The number of hydrogen-bond acceptors (Lipinski definition) is 2. The molecule has 1 aliphatic rings. The van der Waals surface area contributed by atoms with Crippen LogP contribution in [0.3, 0.4) is 0 Å². The number of thiocarbonyl (C=S) groups is 1. The highest BCUT2D eigenvalue weighted by Gasteiger charge is 2.46. The molecule has 3 nitrogen and oxygen atoms in total. The number of carbonyl (C=O) groups excluding carboxylic acids is 1. The van der Waals surface area contributed by atoms with Crippen LogP contribution in [0.25, 0.3) is 0 Å². The quantitative estimate of drug-likeness (QED) is 0.591.